The molecule has 0 aliphatic carbocycles. The number of halogens is 1. The standard InChI is InChI=1S/C18H28N2O.ClH/c1-3-18(4-2,16-8-6-5-7-9-16)14-20-17(21)15-10-12-19-13-11-15;/h5-9,15,19H,3-4,10-14H2,1-2H3,(H,20,21);1H. The SMILES string of the molecule is CCC(CC)(CNC(=O)C1CCNCC1)c1ccccc1.Cl. The lowest BCUT2D eigenvalue weighted by Gasteiger charge is -2.33. The highest BCUT2D eigenvalue weighted by molar-refractivity contribution is 5.85. The van der Waals surface area contributed by atoms with Gasteiger partial charge in [-0.1, -0.05) is 44.2 Å². The normalized spacial score (nSPS) is 15.9. The zero-order valence-electron chi connectivity index (χ0n) is 13.7. The number of carbonyl (C=O) groups is 1. The number of amides is 1. The fraction of sp³-hybridized carbons (Fsp3) is 0.611. The van der Waals surface area contributed by atoms with Crippen LogP contribution in [0.5, 0.6) is 0 Å². The molecule has 0 unspecified atom stereocenters. The maximum absolute atomic E-state index is 12.4. The van der Waals surface area contributed by atoms with Crippen molar-refractivity contribution in [1.82, 2.24) is 10.6 Å². The van der Waals surface area contributed by atoms with Crippen LogP contribution in [0.1, 0.15) is 45.1 Å². The van der Waals surface area contributed by atoms with Crippen molar-refractivity contribution < 1.29 is 4.79 Å². The number of carbonyl (C=O) groups excluding carboxylic acids is 1. The second-order valence-corrected chi connectivity index (χ2v) is 6.10. The topological polar surface area (TPSA) is 41.1 Å². The van der Waals surface area contributed by atoms with E-state index in [2.05, 4.69) is 48.7 Å². The third-order valence-electron chi connectivity index (χ3n) is 5.05. The molecule has 4 heteroatoms. The van der Waals surface area contributed by atoms with Crippen molar-refractivity contribution in [3.8, 4) is 0 Å². The summed E-state index contributed by atoms with van der Waals surface area (Å²) in [5.41, 5.74) is 1.39. The minimum absolute atomic E-state index is 0. The van der Waals surface area contributed by atoms with Gasteiger partial charge in [0.2, 0.25) is 5.91 Å². The van der Waals surface area contributed by atoms with E-state index >= 15 is 0 Å². The minimum Gasteiger partial charge on any atom is -0.355 e. The number of rotatable bonds is 6. The molecule has 3 nitrogen and oxygen atoms in total. The summed E-state index contributed by atoms with van der Waals surface area (Å²) in [6.07, 6.45) is 4.00. The summed E-state index contributed by atoms with van der Waals surface area (Å²) in [7, 11) is 0. The van der Waals surface area contributed by atoms with Crippen LogP contribution in [-0.2, 0) is 10.2 Å². The largest absolute Gasteiger partial charge is 0.355 e. The van der Waals surface area contributed by atoms with Gasteiger partial charge in [-0.25, -0.2) is 0 Å². The summed E-state index contributed by atoms with van der Waals surface area (Å²) in [4.78, 5) is 12.4. The summed E-state index contributed by atoms with van der Waals surface area (Å²) in [5, 5.41) is 6.54. The van der Waals surface area contributed by atoms with E-state index in [9.17, 15) is 4.79 Å². The van der Waals surface area contributed by atoms with Crippen LogP contribution >= 0.6 is 12.4 Å². The Bertz CT molecular complexity index is 440. The lowest BCUT2D eigenvalue weighted by Crippen LogP contribution is -2.44. The highest BCUT2D eigenvalue weighted by Crippen LogP contribution is 2.31. The van der Waals surface area contributed by atoms with Gasteiger partial charge in [-0.3, -0.25) is 4.79 Å². The zero-order valence-corrected chi connectivity index (χ0v) is 14.5. The number of nitrogens with one attached hydrogen (secondary N) is 2. The molecular weight excluding hydrogens is 296 g/mol. The molecule has 22 heavy (non-hydrogen) atoms. The lowest BCUT2D eigenvalue weighted by molar-refractivity contribution is -0.126. The van der Waals surface area contributed by atoms with E-state index in [4.69, 9.17) is 0 Å². The van der Waals surface area contributed by atoms with Crippen LogP contribution in [0, 0.1) is 5.92 Å². The van der Waals surface area contributed by atoms with Crippen molar-refractivity contribution in [3.63, 3.8) is 0 Å². The Balaban J connectivity index is 0.00000242. The predicted molar refractivity (Wildman–Crippen MR) is 94.6 cm³/mol. The molecule has 1 heterocycles. The van der Waals surface area contributed by atoms with Gasteiger partial charge in [0.15, 0.2) is 0 Å². The molecule has 1 aromatic rings. The summed E-state index contributed by atoms with van der Waals surface area (Å²) in [5.74, 6) is 0.423. The fourth-order valence-corrected chi connectivity index (χ4v) is 3.29. The van der Waals surface area contributed by atoms with E-state index in [1.165, 1.54) is 5.56 Å². The van der Waals surface area contributed by atoms with Crippen molar-refractivity contribution >= 4 is 18.3 Å². The molecule has 0 saturated carbocycles. The summed E-state index contributed by atoms with van der Waals surface area (Å²) < 4.78 is 0. The molecule has 0 radical (unpaired) electrons. The van der Waals surface area contributed by atoms with E-state index < -0.39 is 0 Å². The molecule has 1 aliphatic rings. The van der Waals surface area contributed by atoms with Gasteiger partial charge >= 0.3 is 0 Å². The maximum Gasteiger partial charge on any atom is 0.223 e. The highest BCUT2D eigenvalue weighted by atomic mass is 35.5. The first-order valence-electron chi connectivity index (χ1n) is 8.26. The minimum atomic E-state index is 0. The van der Waals surface area contributed by atoms with Crippen molar-refractivity contribution in [1.29, 1.82) is 0 Å². The van der Waals surface area contributed by atoms with Gasteiger partial charge in [0.25, 0.3) is 0 Å². The van der Waals surface area contributed by atoms with Crippen molar-refractivity contribution in [2.75, 3.05) is 19.6 Å². The number of benzene rings is 1. The quantitative estimate of drug-likeness (QED) is 0.843. The highest BCUT2D eigenvalue weighted by Gasteiger charge is 2.30. The van der Waals surface area contributed by atoms with Crippen LogP contribution in [0.25, 0.3) is 0 Å². The molecule has 1 amide bonds. The van der Waals surface area contributed by atoms with Gasteiger partial charge in [-0.2, -0.15) is 0 Å². The van der Waals surface area contributed by atoms with Crippen LogP contribution in [0.15, 0.2) is 30.3 Å². The Morgan fingerprint density at radius 3 is 2.32 bits per heavy atom. The molecule has 0 aromatic heterocycles. The Morgan fingerprint density at radius 2 is 1.77 bits per heavy atom. The van der Waals surface area contributed by atoms with Gasteiger partial charge in [0.1, 0.15) is 0 Å². The molecule has 2 N–H and O–H groups in total. The first kappa shape index (κ1) is 19.0. The van der Waals surface area contributed by atoms with Crippen LogP contribution < -0.4 is 10.6 Å². The Hall–Kier alpha value is -1.06. The Labute approximate surface area is 140 Å². The molecule has 1 fully saturated rings. The van der Waals surface area contributed by atoms with Gasteiger partial charge in [0.05, 0.1) is 0 Å². The third-order valence-corrected chi connectivity index (χ3v) is 5.05. The van der Waals surface area contributed by atoms with Crippen LogP contribution in [0.3, 0.4) is 0 Å². The number of hydrogen-bond acceptors (Lipinski definition) is 2. The van der Waals surface area contributed by atoms with Crippen LogP contribution in [-0.4, -0.2) is 25.5 Å². The molecule has 1 saturated heterocycles. The van der Waals surface area contributed by atoms with E-state index in [0.717, 1.165) is 45.3 Å². The Morgan fingerprint density at radius 1 is 1.18 bits per heavy atom. The molecular formula is C18H29ClN2O. The van der Waals surface area contributed by atoms with E-state index in [1.54, 1.807) is 0 Å². The van der Waals surface area contributed by atoms with Gasteiger partial charge in [0, 0.05) is 17.9 Å². The van der Waals surface area contributed by atoms with E-state index in [0.29, 0.717) is 0 Å². The third kappa shape index (κ3) is 4.47. The molecule has 1 aromatic carbocycles. The monoisotopic (exact) mass is 324 g/mol. The predicted octanol–water partition coefficient (Wildman–Crippen LogP) is 3.28. The van der Waals surface area contributed by atoms with Gasteiger partial charge in [-0.05, 0) is 44.3 Å². The van der Waals surface area contributed by atoms with Gasteiger partial charge < -0.3 is 10.6 Å². The smallest absolute Gasteiger partial charge is 0.223 e. The molecule has 0 bridgehead atoms. The molecule has 0 spiro atoms. The zero-order chi connectivity index (χ0) is 15.1. The van der Waals surface area contributed by atoms with E-state index in [1.807, 2.05) is 6.07 Å². The second-order valence-electron chi connectivity index (χ2n) is 6.10. The molecule has 2 rings (SSSR count). The average Bonchev–Trinajstić information content (AvgIpc) is 2.58. The summed E-state index contributed by atoms with van der Waals surface area (Å²) in [6, 6.07) is 10.6. The van der Waals surface area contributed by atoms with Crippen molar-refractivity contribution in [2.24, 2.45) is 5.92 Å². The second kappa shape index (κ2) is 9.16. The van der Waals surface area contributed by atoms with Crippen LogP contribution in [0.4, 0.5) is 0 Å². The molecule has 124 valence electrons. The fourth-order valence-electron chi connectivity index (χ4n) is 3.29. The molecule has 1 aliphatic heterocycles. The first-order chi connectivity index (χ1) is 10.2. The summed E-state index contributed by atoms with van der Waals surface area (Å²) in [6.45, 7) is 7.10. The van der Waals surface area contributed by atoms with E-state index in [-0.39, 0.29) is 29.6 Å². The maximum atomic E-state index is 12.4. The van der Waals surface area contributed by atoms with Crippen molar-refractivity contribution in [3.05, 3.63) is 35.9 Å². The average molecular weight is 325 g/mol. The van der Waals surface area contributed by atoms with Crippen LogP contribution in [0.2, 0.25) is 0 Å². The number of piperidine rings is 1. The lowest BCUT2D eigenvalue weighted by atomic mass is 9.75. The van der Waals surface area contributed by atoms with Gasteiger partial charge in [-0.15, -0.1) is 12.4 Å². The Kier molecular flexibility index (Phi) is 7.91. The first-order valence-corrected chi connectivity index (χ1v) is 8.26. The van der Waals surface area contributed by atoms with Crippen molar-refractivity contribution in [2.45, 2.75) is 44.9 Å². The number of hydrogen-bond donors (Lipinski definition) is 2. The molecule has 0 atom stereocenters. The summed E-state index contributed by atoms with van der Waals surface area (Å²) >= 11 is 0.